The predicted molar refractivity (Wildman–Crippen MR) is 143 cm³/mol. The number of ether oxygens (including phenoxy) is 2. The topological polar surface area (TPSA) is 136 Å². The number of halogens is 2. The van der Waals surface area contributed by atoms with Gasteiger partial charge in [-0.05, 0) is 54.4 Å². The predicted octanol–water partition coefficient (Wildman–Crippen LogP) is 5.13. The molecule has 204 valence electrons. The van der Waals surface area contributed by atoms with Crippen LogP contribution in [-0.2, 0) is 10.0 Å². The van der Waals surface area contributed by atoms with Crippen LogP contribution >= 0.6 is 11.6 Å². The van der Waals surface area contributed by atoms with Gasteiger partial charge in [-0.15, -0.1) is 0 Å². The number of anilines is 3. The van der Waals surface area contributed by atoms with Gasteiger partial charge in [-0.3, -0.25) is 4.72 Å². The molecule has 0 radical (unpaired) electrons. The second kappa shape index (κ2) is 11.2. The quantitative estimate of drug-likeness (QED) is 0.295. The lowest BCUT2D eigenvalue weighted by Gasteiger charge is -2.24. The van der Waals surface area contributed by atoms with Gasteiger partial charge in [0.15, 0.2) is 17.4 Å². The maximum absolute atomic E-state index is 14.3. The molecule has 39 heavy (non-hydrogen) atoms. The van der Waals surface area contributed by atoms with Crippen molar-refractivity contribution in [3.05, 3.63) is 71.3 Å². The minimum Gasteiger partial charge on any atom is -0.495 e. The van der Waals surface area contributed by atoms with Gasteiger partial charge in [0.2, 0.25) is 0 Å². The van der Waals surface area contributed by atoms with Crippen molar-refractivity contribution in [2.75, 3.05) is 30.9 Å². The Morgan fingerprint density at radius 3 is 2.44 bits per heavy atom. The van der Waals surface area contributed by atoms with E-state index in [9.17, 15) is 17.6 Å². The highest BCUT2D eigenvalue weighted by Gasteiger charge is 2.25. The zero-order valence-corrected chi connectivity index (χ0v) is 22.7. The number of aryl methyl sites for hydroxylation is 1. The van der Waals surface area contributed by atoms with E-state index >= 15 is 0 Å². The first-order valence-corrected chi connectivity index (χ1v) is 13.1. The molecule has 0 aliphatic rings. The third kappa shape index (κ3) is 5.59. The van der Waals surface area contributed by atoms with Crippen LogP contribution in [0.1, 0.15) is 5.56 Å². The van der Waals surface area contributed by atoms with Gasteiger partial charge < -0.3 is 19.3 Å². The summed E-state index contributed by atoms with van der Waals surface area (Å²) in [5.41, 5.74) is 1.65. The maximum atomic E-state index is 14.3. The van der Waals surface area contributed by atoms with Gasteiger partial charge in [0.25, 0.3) is 10.0 Å². The molecule has 2 heterocycles. The van der Waals surface area contributed by atoms with Crippen LogP contribution in [0.15, 0.2) is 64.3 Å². The number of carbonyl (C=O) groups is 1. The molecule has 0 bridgehead atoms. The van der Waals surface area contributed by atoms with E-state index in [1.165, 1.54) is 62.8 Å². The first kappa shape index (κ1) is 27.7. The van der Waals surface area contributed by atoms with Crippen LogP contribution in [0.4, 0.5) is 26.5 Å². The fraction of sp³-hybridized carbons (Fsp3) is 0.160. The number of amides is 2. The summed E-state index contributed by atoms with van der Waals surface area (Å²) in [6.45, 7) is 1.60. The molecule has 11 nitrogen and oxygen atoms in total. The van der Waals surface area contributed by atoms with Crippen LogP contribution < -0.4 is 24.4 Å². The normalized spacial score (nSPS) is 11.1. The summed E-state index contributed by atoms with van der Waals surface area (Å²) in [7, 11) is 0.175. The van der Waals surface area contributed by atoms with E-state index in [1.54, 1.807) is 19.1 Å². The smallest absolute Gasteiger partial charge is 0.327 e. The number of sulfonamides is 1. The molecule has 2 aromatic carbocycles. The molecule has 0 atom stereocenters. The van der Waals surface area contributed by atoms with Crippen LogP contribution in [0.3, 0.4) is 0 Å². The van der Waals surface area contributed by atoms with Crippen LogP contribution in [-0.4, -0.2) is 45.9 Å². The summed E-state index contributed by atoms with van der Waals surface area (Å²) in [5.74, 6) is -0.117. The Hall–Kier alpha value is -4.36. The van der Waals surface area contributed by atoms with Gasteiger partial charge >= 0.3 is 6.03 Å². The lowest BCUT2D eigenvalue weighted by atomic mass is 10.0. The SMILES string of the molecule is CNC(=O)N(c1ccc(S(=O)(=O)Nc2ccon2)cn1)c1cc(Cl)c(-c2cc(C)c(F)c(OC)c2)cc1OC. The minimum absolute atomic E-state index is 0.000463. The number of hydrogen-bond acceptors (Lipinski definition) is 8. The summed E-state index contributed by atoms with van der Waals surface area (Å²) in [6, 6.07) is 9.58. The van der Waals surface area contributed by atoms with Crippen molar-refractivity contribution >= 4 is 45.0 Å². The molecule has 14 heteroatoms. The van der Waals surface area contributed by atoms with E-state index in [4.69, 9.17) is 21.1 Å². The van der Waals surface area contributed by atoms with Crippen LogP contribution in [0.25, 0.3) is 11.1 Å². The lowest BCUT2D eigenvalue weighted by molar-refractivity contribution is 0.250. The fourth-order valence-electron chi connectivity index (χ4n) is 3.72. The van der Waals surface area contributed by atoms with E-state index in [2.05, 4.69) is 24.7 Å². The Morgan fingerprint density at radius 1 is 1.10 bits per heavy atom. The molecule has 4 aromatic rings. The fourth-order valence-corrected chi connectivity index (χ4v) is 4.92. The molecule has 2 aromatic heterocycles. The van der Waals surface area contributed by atoms with E-state index in [1.807, 2.05) is 0 Å². The average molecular weight is 576 g/mol. The second-order valence-electron chi connectivity index (χ2n) is 8.05. The summed E-state index contributed by atoms with van der Waals surface area (Å²) in [5, 5.41) is 6.27. The third-order valence-corrected chi connectivity index (χ3v) is 7.27. The Morgan fingerprint density at radius 2 is 1.85 bits per heavy atom. The largest absolute Gasteiger partial charge is 0.495 e. The summed E-state index contributed by atoms with van der Waals surface area (Å²) >= 11 is 6.64. The van der Waals surface area contributed by atoms with Gasteiger partial charge in [-0.25, -0.2) is 27.5 Å². The van der Waals surface area contributed by atoms with Crippen molar-refractivity contribution in [1.29, 1.82) is 0 Å². The molecule has 0 unspecified atom stereocenters. The molecule has 2 amide bonds. The van der Waals surface area contributed by atoms with Gasteiger partial charge in [-0.2, -0.15) is 0 Å². The number of methoxy groups -OCH3 is 2. The molecule has 4 rings (SSSR count). The molecular formula is C25H23ClFN5O6S. The monoisotopic (exact) mass is 575 g/mol. The highest BCUT2D eigenvalue weighted by Crippen LogP contribution is 2.42. The van der Waals surface area contributed by atoms with E-state index < -0.39 is 21.9 Å². The van der Waals surface area contributed by atoms with E-state index in [0.717, 1.165) is 6.20 Å². The van der Waals surface area contributed by atoms with Crippen LogP contribution in [0.5, 0.6) is 11.5 Å². The molecule has 0 fully saturated rings. The first-order chi connectivity index (χ1) is 18.6. The lowest BCUT2D eigenvalue weighted by Crippen LogP contribution is -2.35. The number of urea groups is 1. The number of carbonyl (C=O) groups excluding carboxylic acids is 1. The Labute approximate surface area is 228 Å². The van der Waals surface area contributed by atoms with Gasteiger partial charge in [0.05, 0.1) is 24.9 Å². The highest BCUT2D eigenvalue weighted by atomic mass is 35.5. The molecule has 0 aliphatic heterocycles. The van der Waals surface area contributed by atoms with Crippen LogP contribution in [0.2, 0.25) is 5.02 Å². The van der Waals surface area contributed by atoms with Crippen molar-refractivity contribution in [2.45, 2.75) is 11.8 Å². The zero-order valence-electron chi connectivity index (χ0n) is 21.2. The van der Waals surface area contributed by atoms with Crippen molar-refractivity contribution in [1.82, 2.24) is 15.5 Å². The maximum Gasteiger partial charge on any atom is 0.327 e. The Balaban J connectivity index is 1.76. The van der Waals surface area contributed by atoms with Gasteiger partial charge in [-0.1, -0.05) is 16.8 Å². The summed E-state index contributed by atoms with van der Waals surface area (Å²) in [4.78, 5) is 18.2. The molecule has 2 N–H and O–H groups in total. The zero-order chi connectivity index (χ0) is 28.3. The van der Waals surface area contributed by atoms with Crippen molar-refractivity contribution in [3.63, 3.8) is 0 Å². The molecule has 0 aliphatic carbocycles. The average Bonchev–Trinajstić information content (AvgIpc) is 3.43. The third-order valence-electron chi connectivity index (χ3n) is 5.62. The molecule has 0 spiro atoms. The molecular weight excluding hydrogens is 553 g/mol. The standard InChI is InChI=1S/C25H23ClFN5O6S/c1-14-9-15(10-21(37-4)24(14)27)17-11-20(36-3)19(12-18(17)26)32(25(33)28-2)23-6-5-16(13-29-23)39(34,35)31-22-7-8-38-30-22/h5-13H,1-4H3,(H,28,33)(H,30,31). The summed E-state index contributed by atoms with van der Waals surface area (Å²) < 4.78 is 57.2. The number of rotatable bonds is 8. The second-order valence-corrected chi connectivity index (χ2v) is 10.1. The van der Waals surface area contributed by atoms with Gasteiger partial charge in [0, 0.05) is 24.9 Å². The van der Waals surface area contributed by atoms with Crippen molar-refractivity contribution < 1.29 is 31.6 Å². The Bertz CT molecular complexity index is 1620. The minimum atomic E-state index is -4.02. The first-order valence-electron chi connectivity index (χ1n) is 11.2. The van der Waals surface area contributed by atoms with Crippen molar-refractivity contribution in [2.24, 2.45) is 0 Å². The number of pyridine rings is 1. The number of nitrogens with zero attached hydrogens (tertiary/aromatic N) is 3. The van der Waals surface area contributed by atoms with E-state index in [-0.39, 0.29) is 38.7 Å². The summed E-state index contributed by atoms with van der Waals surface area (Å²) in [6.07, 6.45) is 2.31. The molecule has 0 saturated carbocycles. The molecule has 0 saturated heterocycles. The van der Waals surface area contributed by atoms with Crippen LogP contribution in [0, 0.1) is 12.7 Å². The van der Waals surface area contributed by atoms with Gasteiger partial charge in [0.1, 0.15) is 22.7 Å². The van der Waals surface area contributed by atoms with E-state index in [0.29, 0.717) is 16.7 Å². The number of aromatic nitrogens is 2. The Kier molecular flexibility index (Phi) is 7.93. The van der Waals surface area contributed by atoms with Crippen molar-refractivity contribution in [3.8, 4) is 22.6 Å². The number of benzene rings is 2. The number of hydrogen-bond donors (Lipinski definition) is 2. The highest BCUT2D eigenvalue weighted by molar-refractivity contribution is 7.92. The number of nitrogens with one attached hydrogen (secondary N) is 2.